The van der Waals surface area contributed by atoms with Gasteiger partial charge in [-0.15, -0.1) is 0 Å². The Morgan fingerprint density at radius 1 is 0.800 bits per heavy atom. The van der Waals surface area contributed by atoms with Crippen LogP contribution in [-0.2, 0) is 40.9 Å². The first-order valence-electron chi connectivity index (χ1n) is 3.94. The fraction of sp³-hybridized carbons (Fsp3) is 0.400. The van der Waals surface area contributed by atoms with Gasteiger partial charge in [0.25, 0.3) is 0 Å². The van der Waals surface area contributed by atoms with Crippen LogP contribution in [0, 0.1) is 13.8 Å². The van der Waals surface area contributed by atoms with Gasteiger partial charge in [0.2, 0.25) is 0 Å². The summed E-state index contributed by atoms with van der Waals surface area (Å²) in [7, 11) is 0. The van der Waals surface area contributed by atoms with Crippen molar-refractivity contribution in [2.45, 2.75) is 26.7 Å². The van der Waals surface area contributed by atoms with E-state index in [4.69, 9.17) is 0 Å². The van der Waals surface area contributed by atoms with Crippen molar-refractivity contribution in [2.75, 3.05) is 0 Å². The van der Waals surface area contributed by atoms with Crippen molar-refractivity contribution < 1.29 is 40.9 Å². The molecule has 0 heterocycles. The molecule has 0 rings (SSSR count). The third kappa shape index (κ3) is 32.0. The summed E-state index contributed by atoms with van der Waals surface area (Å²) in [6.07, 6.45) is -0.0556. The smallest absolute Gasteiger partial charge is 0.339 e. The summed E-state index contributed by atoms with van der Waals surface area (Å²) in [5.41, 5.74) is 0. The van der Waals surface area contributed by atoms with Crippen LogP contribution in [0.3, 0.4) is 0 Å². The monoisotopic (exact) mass is 246 g/mol. The van der Waals surface area contributed by atoms with Crippen molar-refractivity contribution in [1.82, 2.24) is 0 Å². The summed E-state index contributed by atoms with van der Waals surface area (Å²) in [6, 6.07) is 0. The molecule has 0 saturated heterocycles. The largest absolute Gasteiger partial charge is 2.00 e. The normalized spacial score (nSPS) is 7.60. The van der Waals surface area contributed by atoms with Crippen molar-refractivity contribution in [2.24, 2.45) is 0 Å². The standard InChI is InChI=1S/2C5H7O2.Ti/c2*1-4(6)3-5(2)7;/h2*1,3H2,2H3;/q2*-1;+2. The fourth-order valence-electron chi connectivity index (χ4n) is 0.555. The number of carbonyl (C=O) groups excluding carboxylic acids is 4. The molecule has 0 N–H and O–H groups in total. The van der Waals surface area contributed by atoms with Crippen LogP contribution >= 0.6 is 0 Å². The van der Waals surface area contributed by atoms with Crippen LogP contribution in [0.25, 0.3) is 0 Å². The quantitative estimate of drug-likeness (QED) is 0.416. The van der Waals surface area contributed by atoms with E-state index in [2.05, 4.69) is 13.8 Å². The Morgan fingerprint density at radius 2 is 1.00 bits per heavy atom. The molecule has 0 unspecified atom stereocenters. The Bertz CT molecular complexity index is 196. The Balaban J connectivity index is -0.000000180. The molecular weight excluding hydrogens is 232 g/mol. The molecule has 0 aromatic rings. The zero-order valence-corrected chi connectivity index (χ0v) is 10.5. The number of ketones is 4. The van der Waals surface area contributed by atoms with Gasteiger partial charge in [-0.2, -0.15) is 0 Å². The summed E-state index contributed by atoms with van der Waals surface area (Å²) < 4.78 is 0. The van der Waals surface area contributed by atoms with E-state index in [-0.39, 0.29) is 57.7 Å². The minimum absolute atomic E-state index is 0. The van der Waals surface area contributed by atoms with Gasteiger partial charge < -0.3 is 23.4 Å². The minimum Gasteiger partial charge on any atom is -0.339 e. The average molecular weight is 246 g/mol. The van der Waals surface area contributed by atoms with Crippen molar-refractivity contribution >= 4 is 23.1 Å². The molecule has 0 bridgehead atoms. The molecule has 0 saturated carbocycles. The van der Waals surface area contributed by atoms with E-state index in [1.54, 1.807) is 0 Å². The molecular formula is C10H14O4Ti. The van der Waals surface area contributed by atoms with Crippen LogP contribution in [0.15, 0.2) is 0 Å². The number of hydrogen-bond donors (Lipinski definition) is 0. The van der Waals surface area contributed by atoms with E-state index < -0.39 is 0 Å². The van der Waals surface area contributed by atoms with E-state index >= 15 is 0 Å². The molecule has 82 valence electrons. The van der Waals surface area contributed by atoms with E-state index in [9.17, 15) is 19.2 Å². The number of carbonyl (C=O) groups is 4. The zero-order valence-electron chi connectivity index (χ0n) is 8.96. The second-order valence-corrected chi connectivity index (χ2v) is 2.83. The zero-order chi connectivity index (χ0) is 11.7. The van der Waals surface area contributed by atoms with Gasteiger partial charge in [-0.1, -0.05) is 0 Å². The van der Waals surface area contributed by atoms with Crippen LogP contribution in [0.4, 0.5) is 0 Å². The van der Waals surface area contributed by atoms with E-state index in [0.29, 0.717) is 0 Å². The van der Waals surface area contributed by atoms with E-state index in [0.717, 1.165) is 0 Å². The number of hydrogen-bond acceptors (Lipinski definition) is 4. The molecule has 0 aliphatic rings. The van der Waals surface area contributed by atoms with Gasteiger partial charge in [0, 0.05) is 24.4 Å². The molecule has 0 aromatic heterocycles. The third-order valence-corrected chi connectivity index (χ3v) is 0.892. The first-order valence-corrected chi connectivity index (χ1v) is 3.94. The molecule has 0 spiro atoms. The van der Waals surface area contributed by atoms with Crippen molar-refractivity contribution in [3.8, 4) is 0 Å². The first kappa shape index (κ1) is 19.7. The summed E-state index contributed by atoms with van der Waals surface area (Å²) in [5, 5.41) is 0. The van der Waals surface area contributed by atoms with Gasteiger partial charge in [0.15, 0.2) is 0 Å². The van der Waals surface area contributed by atoms with Crippen LogP contribution in [0.2, 0.25) is 0 Å². The van der Waals surface area contributed by atoms with Gasteiger partial charge in [-0.05, 0) is 13.8 Å². The second kappa shape index (κ2) is 11.2. The molecule has 0 aromatic carbocycles. The Labute approximate surface area is 105 Å². The van der Waals surface area contributed by atoms with Crippen LogP contribution < -0.4 is 0 Å². The predicted octanol–water partition coefficient (Wildman–Crippen LogP) is 0.735. The summed E-state index contributed by atoms with van der Waals surface area (Å²) in [4.78, 5) is 39.8. The predicted molar refractivity (Wildman–Crippen MR) is 51.3 cm³/mol. The maximum atomic E-state index is 9.99. The van der Waals surface area contributed by atoms with Crippen LogP contribution in [0.1, 0.15) is 26.7 Å². The maximum Gasteiger partial charge on any atom is 2.00 e. The number of rotatable bonds is 4. The Hall–Kier alpha value is -0.866. The van der Waals surface area contributed by atoms with Crippen LogP contribution in [-0.4, -0.2) is 23.1 Å². The third-order valence-electron chi connectivity index (χ3n) is 0.892. The molecule has 15 heavy (non-hydrogen) atoms. The van der Waals surface area contributed by atoms with Crippen LogP contribution in [0.5, 0.6) is 0 Å². The maximum absolute atomic E-state index is 9.99. The van der Waals surface area contributed by atoms with Gasteiger partial charge >= 0.3 is 21.7 Å². The molecule has 0 fully saturated rings. The minimum atomic E-state index is -0.312. The van der Waals surface area contributed by atoms with Crippen molar-refractivity contribution in [3.63, 3.8) is 0 Å². The molecule has 0 aliphatic carbocycles. The Kier molecular flexibility index (Phi) is 14.7. The molecule has 4 nitrogen and oxygen atoms in total. The van der Waals surface area contributed by atoms with Crippen molar-refractivity contribution in [1.29, 1.82) is 0 Å². The first-order chi connectivity index (χ1) is 6.25. The van der Waals surface area contributed by atoms with E-state index in [1.165, 1.54) is 13.8 Å². The molecule has 0 amide bonds. The van der Waals surface area contributed by atoms with Crippen molar-refractivity contribution in [3.05, 3.63) is 13.8 Å². The van der Waals surface area contributed by atoms with E-state index in [1.807, 2.05) is 0 Å². The fourth-order valence-corrected chi connectivity index (χ4v) is 0.555. The summed E-state index contributed by atoms with van der Waals surface area (Å²) >= 11 is 0. The van der Waals surface area contributed by atoms with Gasteiger partial charge in [-0.25, -0.2) is 0 Å². The molecule has 0 aliphatic heterocycles. The Morgan fingerprint density at radius 3 is 1.00 bits per heavy atom. The molecule has 5 heteroatoms. The van der Waals surface area contributed by atoms with Gasteiger partial charge in [0.1, 0.15) is 11.6 Å². The second-order valence-electron chi connectivity index (χ2n) is 2.83. The summed E-state index contributed by atoms with van der Waals surface area (Å²) in [6.45, 7) is 8.77. The molecule has 0 radical (unpaired) electrons. The van der Waals surface area contributed by atoms with Gasteiger partial charge in [0.05, 0.1) is 0 Å². The average Bonchev–Trinajstić information content (AvgIpc) is 1.79. The SMILES string of the molecule is [CH2-]C(=O)CC(C)=O.[CH2-]C(=O)CC(C)=O.[Ti+2]. The molecule has 0 atom stereocenters. The topological polar surface area (TPSA) is 68.3 Å². The van der Waals surface area contributed by atoms with Gasteiger partial charge in [-0.3, -0.25) is 9.59 Å². The summed E-state index contributed by atoms with van der Waals surface area (Å²) in [5.74, 6) is -0.875. The number of Topliss-reactive ketones (excluding diaryl/α,β-unsaturated/α-hetero) is 4.